The summed E-state index contributed by atoms with van der Waals surface area (Å²) in [6.07, 6.45) is -14.2. The van der Waals surface area contributed by atoms with Crippen molar-refractivity contribution in [3.05, 3.63) is 53.3 Å². The van der Waals surface area contributed by atoms with Gasteiger partial charge in [0.2, 0.25) is 12.1 Å². The first-order valence-electron chi connectivity index (χ1n) is 12.7. The van der Waals surface area contributed by atoms with Gasteiger partial charge in [0.05, 0.1) is 12.7 Å². The topological polar surface area (TPSA) is 225 Å². The van der Waals surface area contributed by atoms with Crippen molar-refractivity contribution in [1.29, 1.82) is 0 Å². The maximum atomic E-state index is 13.3. The van der Waals surface area contributed by atoms with E-state index in [2.05, 4.69) is 0 Å². The Hall–Kier alpha value is -3.31. The Bertz CT molecular complexity index is 1300. The number of benzene rings is 2. The average molecular weight is 579 g/mol. The molecule has 3 aliphatic rings. The zero-order chi connectivity index (χ0) is 29.6. The summed E-state index contributed by atoms with van der Waals surface area (Å²) in [5.74, 6) is -1.40. The normalized spacial score (nSPS) is 36.2. The third-order valence-corrected chi connectivity index (χ3v) is 7.08. The highest BCUT2D eigenvalue weighted by atomic mass is 16.8. The summed E-state index contributed by atoms with van der Waals surface area (Å²) in [4.78, 5) is 13.3. The van der Waals surface area contributed by atoms with E-state index in [9.17, 15) is 45.6 Å². The van der Waals surface area contributed by atoms with Crippen molar-refractivity contribution in [2.75, 3.05) is 6.61 Å². The number of aromatic hydroxyl groups is 2. The van der Waals surface area contributed by atoms with Gasteiger partial charge in [0, 0.05) is 12.1 Å². The predicted molar refractivity (Wildman–Crippen MR) is 135 cm³/mol. The Kier molecular flexibility index (Phi) is 8.20. The van der Waals surface area contributed by atoms with Crippen molar-refractivity contribution < 1.29 is 69.3 Å². The number of rotatable bonds is 6. The van der Waals surface area contributed by atoms with Crippen molar-refractivity contribution in [2.45, 2.75) is 68.3 Å². The van der Waals surface area contributed by atoms with Crippen molar-refractivity contribution in [2.24, 2.45) is 0 Å². The minimum absolute atomic E-state index is 0.0266. The lowest BCUT2D eigenvalue weighted by atomic mass is 9.97. The van der Waals surface area contributed by atoms with E-state index in [4.69, 9.17) is 23.7 Å². The SMILES string of the molecule is C[C@@H]1O[C@@H](O[C@H]2[C@@H](Oc3cc(O)cc4c3C(=O)C(=Cc3ccc(O)cc3)O4)O[C@H](CO)[C@@H](O)[C@@H]2O)[C@H](O)[C@H](O)[C@H]1O. The van der Waals surface area contributed by atoms with Crippen LogP contribution in [0.1, 0.15) is 22.8 Å². The van der Waals surface area contributed by atoms with Crippen LogP contribution in [0.25, 0.3) is 6.08 Å². The first-order chi connectivity index (χ1) is 19.5. The van der Waals surface area contributed by atoms with Gasteiger partial charge in [-0.25, -0.2) is 0 Å². The number of ether oxygens (including phenoxy) is 5. The van der Waals surface area contributed by atoms with Crippen LogP contribution < -0.4 is 9.47 Å². The molecule has 0 amide bonds. The first kappa shape index (κ1) is 29.2. The molecule has 0 saturated carbocycles. The number of hydrogen-bond donors (Lipinski definition) is 8. The van der Waals surface area contributed by atoms with Crippen molar-refractivity contribution in [3.63, 3.8) is 0 Å². The second kappa shape index (κ2) is 11.5. The van der Waals surface area contributed by atoms with Crippen LogP contribution in [-0.2, 0) is 14.2 Å². The molecule has 2 saturated heterocycles. The number of aliphatic hydroxyl groups excluding tert-OH is 6. The van der Waals surface area contributed by atoms with Gasteiger partial charge < -0.3 is 64.5 Å². The number of phenolic OH excluding ortho intramolecular Hbond substituents is 2. The number of fused-ring (bicyclic) bond motifs is 1. The van der Waals surface area contributed by atoms with Gasteiger partial charge in [-0.15, -0.1) is 0 Å². The van der Waals surface area contributed by atoms with Gasteiger partial charge in [-0.2, -0.15) is 0 Å². The third-order valence-electron chi connectivity index (χ3n) is 7.08. The van der Waals surface area contributed by atoms with E-state index in [1.165, 1.54) is 31.2 Å². The van der Waals surface area contributed by atoms with Gasteiger partial charge in [0.1, 0.15) is 65.2 Å². The molecule has 2 aromatic carbocycles. The number of Topliss-reactive ketones (excluding diaryl/α,β-unsaturated/α-hetero) is 1. The molecule has 41 heavy (non-hydrogen) atoms. The van der Waals surface area contributed by atoms with Crippen LogP contribution in [0.15, 0.2) is 42.2 Å². The van der Waals surface area contributed by atoms with Gasteiger partial charge in [-0.1, -0.05) is 12.1 Å². The molecule has 3 heterocycles. The number of carbonyl (C=O) groups excluding carboxylic acids is 1. The van der Waals surface area contributed by atoms with Crippen LogP contribution in [0.4, 0.5) is 0 Å². The van der Waals surface area contributed by atoms with Crippen LogP contribution in [0.5, 0.6) is 23.0 Å². The molecule has 0 aromatic heterocycles. The molecule has 0 spiro atoms. The molecular weight excluding hydrogens is 548 g/mol. The maximum absolute atomic E-state index is 13.3. The lowest BCUT2D eigenvalue weighted by Gasteiger charge is -2.45. The Morgan fingerprint density at radius 2 is 1.56 bits per heavy atom. The maximum Gasteiger partial charge on any atom is 0.235 e. The standard InChI is InChI=1S/C27H30O14/c1-10-19(31)22(34)24(36)26(37-10)41-25-23(35)21(33)17(9-28)40-27(25)39-15-8-13(30)7-14-18(15)20(32)16(38-14)6-11-2-4-12(29)5-3-11/h2-8,10,17,19,21-31,33-36H,9H2,1H3/t10-,17+,19-,21+,22+,23-,24+,25+,26-,27-/m0/s1. The summed E-state index contributed by atoms with van der Waals surface area (Å²) >= 11 is 0. The molecule has 0 aliphatic carbocycles. The largest absolute Gasteiger partial charge is 0.508 e. The third kappa shape index (κ3) is 5.61. The molecule has 0 unspecified atom stereocenters. The highest BCUT2D eigenvalue weighted by Gasteiger charge is 2.51. The van der Waals surface area contributed by atoms with Crippen LogP contribution >= 0.6 is 0 Å². The minimum Gasteiger partial charge on any atom is -0.508 e. The first-order valence-corrected chi connectivity index (χ1v) is 12.7. The molecular formula is C27H30O14. The summed E-state index contributed by atoms with van der Waals surface area (Å²) in [5.41, 5.74) is 0.419. The number of hydrogen-bond acceptors (Lipinski definition) is 14. The van der Waals surface area contributed by atoms with Crippen molar-refractivity contribution in [3.8, 4) is 23.0 Å². The van der Waals surface area contributed by atoms with Crippen LogP contribution in [-0.4, -0.2) is 115 Å². The van der Waals surface area contributed by atoms with E-state index >= 15 is 0 Å². The Balaban J connectivity index is 1.45. The summed E-state index contributed by atoms with van der Waals surface area (Å²) in [5, 5.41) is 81.4. The summed E-state index contributed by atoms with van der Waals surface area (Å²) in [6, 6.07) is 8.21. The fourth-order valence-electron chi connectivity index (χ4n) is 4.78. The molecule has 3 aliphatic heterocycles. The Morgan fingerprint density at radius 1 is 0.854 bits per heavy atom. The highest BCUT2D eigenvalue weighted by Crippen LogP contribution is 2.43. The Morgan fingerprint density at radius 3 is 2.24 bits per heavy atom. The van der Waals surface area contributed by atoms with Crippen LogP contribution in [0.3, 0.4) is 0 Å². The van der Waals surface area contributed by atoms with E-state index in [0.29, 0.717) is 5.56 Å². The van der Waals surface area contributed by atoms with Gasteiger partial charge in [0.25, 0.3) is 0 Å². The van der Waals surface area contributed by atoms with Gasteiger partial charge >= 0.3 is 0 Å². The van der Waals surface area contributed by atoms with Crippen molar-refractivity contribution in [1.82, 2.24) is 0 Å². The fraction of sp³-hybridized carbons (Fsp3) is 0.444. The molecule has 8 N–H and O–H groups in total. The molecule has 5 rings (SSSR count). The fourth-order valence-corrected chi connectivity index (χ4v) is 4.78. The molecule has 0 radical (unpaired) electrons. The highest BCUT2D eigenvalue weighted by molar-refractivity contribution is 6.16. The zero-order valence-corrected chi connectivity index (χ0v) is 21.5. The van der Waals surface area contributed by atoms with Crippen molar-refractivity contribution >= 4 is 11.9 Å². The van der Waals surface area contributed by atoms with E-state index in [-0.39, 0.29) is 34.3 Å². The monoisotopic (exact) mass is 578 g/mol. The number of phenols is 2. The Labute approximate surface area is 232 Å². The number of aliphatic hydroxyl groups is 6. The van der Waals surface area contributed by atoms with Crippen LogP contribution in [0.2, 0.25) is 0 Å². The second-order valence-corrected chi connectivity index (χ2v) is 9.95. The number of carbonyl (C=O) groups is 1. The van der Waals surface area contributed by atoms with Gasteiger partial charge in [-0.05, 0) is 30.7 Å². The quantitative estimate of drug-likeness (QED) is 0.187. The second-order valence-electron chi connectivity index (χ2n) is 9.95. The minimum atomic E-state index is -1.79. The number of allylic oxidation sites excluding steroid dienone is 1. The summed E-state index contributed by atoms with van der Waals surface area (Å²) < 4.78 is 28.3. The lowest BCUT2D eigenvalue weighted by Crippen LogP contribution is -2.64. The van der Waals surface area contributed by atoms with E-state index in [0.717, 1.165) is 6.07 Å². The smallest absolute Gasteiger partial charge is 0.235 e. The molecule has 0 bridgehead atoms. The molecule has 2 fully saturated rings. The molecule has 10 atom stereocenters. The molecule has 14 nitrogen and oxygen atoms in total. The van der Waals surface area contributed by atoms with E-state index in [1.807, 2.05) is 0 Å². The van der Waals surface area contributed by atoms with Gasteiger partial charge in [-0.3, -0.25) is 4.79 Å². The molecule has 14 heteroatoms. The molecule has 222 valence electrons. The average Bonchev–Trinajstić information content (AvgIpc) is 3.25. The zero-order valence-electron chi connectivity index (χ0n) is 21.5. The predicted octanol–water partition coefficient (Wildman–Crippen LogP) is -1.26. The van der Waals surface area contributed by atoms with E-state index in [1.54, 1.807) is 12.1 Å². The lowest BCUT2D eigenvalue weighted by molar-refractivity contribution is -0.354. The summed E-state index contributed by atoms with van der Waals surface area (Å²) in [7, 11) is 0. The number of ketones is 1. The van der Waals surface area contributed by atoms with Gasteiger partial charge in [0.15, 0.2) is 18.2 Å². The summed E-state index contributed by atoms with van der Waals surface area (Å²) in [6.45, 7) is 0.675. The molecule has 2 aromatic rings. The van der Waals surface area contributed by atoms with Crippen LogP contribution in [0, 0.1) is 0 Å². The van der Waals surface area contributed by atoms with E-state index < -0.39 is 73.8 Å².